The SMILES string of the molecule is CCOC(=O)/C=C/C[C@H]1C[C@@H](C)C(=O)/C=C/C(C)=C/[C@H](COC2OC(C)C(O)C(OC)C2OC)[C@@H](CC)OC(=O)C[C@@H](OC(=O)Cc2ccc([N+](=O)[O-])cc2)[C@H](C)[C@H]1OC1OC(C)C(O)C(N(C)C)C1O. The number of esters is 3. The molecule has 20 heteroatoms. The van der Waals surface area contributed by atoms with Gasteiger partial charge in [0.1, 0.15) is 36.6 Å². The Hall–Kier alpha value is -4.48. The monoisotopic (exact) mass is 1000 g/mol. The van der Waals surface area contributed by atoms with Crippen LogP contribution in [0.5, 0.6) is 0 Å². The van der Waals surface area contributed by atoms with Gasteiger partial charge in [-0.05, 0) is 78.6 Å². The van der Waals surface area contributed by atoms with Crippen LogP contribution in [0.15, 0.2) is 60.2 Å². The number of carbonyl (C=O) groups excluding carboxylic acids is 4. The lowest BCUT2D eigenvalue weighted by atomic mass is 9.79. The van der Waals surface area contributed by atoms with Crippen LogP contribution >= 0.6 is 0 Å². The molecule has 0 aliphatic carbocycles. The number of aliphatic hydroxyl groups excluding tert-OH is 3. The van der Waals surface area contributed by atoms with Crippen molar-refractivity contribution in [1.29, 1.82) is 0 Å². The quantitative estimate of drug-likeness (QED) is 0.0650. The van der Waals surface area contributed by atoms with E-state index in [-0.39, 0.29) is 50.4 Å². The first-order valence-electron chi connectivity index (χ1n) is 24.3. The van der Waals surface area contributed by atoms with Crippen molar-refractivity contribution in [2.24, 2.45) is 23.7 Å². The summed E-state index contributed by atoms with van der Waals surface area (Å²) in [5.74, 6) is -5.32. The molecule has 0 radical (unpaired) electrons. The van der Waals surface area contributed by atoms with Gasteiger partial charge in [-0.2, -0.15) is 0 Å². The molecule has 0 spiro atoms. The molecule has 0 bridgehead atoms. The highest BCUT2D eigenvalue weighted by molar-refractivity contribution is 5.91. The molecule has 0 aromatic heterocycles. The fraction of sp³-hybridized carbons (Fsp3) is 0.686. The molecule has 2 saturated heterocycles. The zero-order valence-electron chi connectivity index (χ0n) is 42.8. The number of allylic oxidation sites excluding steroid dienone is 4. The number of benzene rings is 1. The van der Waals surface area contributed by atoms with Crippen molar-refractivity contribution in [3.05, 3.63) is 75.9 Å². The van der Waals surface area contributed by atoms with Gasteiger partial charge < -0.3 is 62.9 Å². The van der Waals surface area contributed by atoms with Gasteiger partial charge in [-0.1, -0.05) is 56.7 Å². The number of carbonyl (C=O) groups is 4. The molecule has 3 aliphatic rings. The van der Waals surface area contributed by atoms with Gasteiger partial charge in [0.2, 0.25) is 0 Å². The number of hydrogen-bond donors (Lipinski definition) is 3. The van der Waals surface area contributed by atoms with E-state index in [1.54, 1.807) is 72.7 Å². The summed E-state index contributed by atoms with van der Waals surface area (Å²) in [4.78, 5) is 67.6. The minimum absolute atomic E-state index is 0.0726. The van der Waals surface area contributed by atoms with Crippen LogP contribution in [-0.2, 0) is 68.2 Å². The third kappa shape index (κ3) is 16.5. The van der Waals surface area contributed by atoms with Crippen LogP contribution in [0.25, 0.3) is 0 Å². The number of nitro groups is 1. The van der Waals surface area contributed by atoms with Crippen LogP contribution in [0.1, 0.15) is 79.7 Å². The van der Waals surface area contributed by atoms with Gasteiger partial charge in [-0.15, -0.1) is 0 Å². The Labute approximate surface area is 416 Å². The van der Waals surface area contributed by atoms with E-state index in [0.29, 0.717) is 11.1 Å². The van der Waals surface area contributed by atoms with Gasteiger partial charge >= 0.3 is 17.9 Å². The number of nitrogens with zero attached hydrogens (tertiary/aromatic N) is 2. The number of ketones is 1. The Bertz CT molecular complexity index is 1990. The molecule has 3 aliphatic heterocycles. The Balaban J connectivity index is 1.84. The summed E-state index contributed by atoms with van der Waals surface area (Å²) in [6.45, 7) is 12.1. The van der Waals surface area contributed by atoms with Gasteiger partial charge in [-0.25, -0.2) is 4.79 Å². The Morgan fingerprint density at radius 3 is 2.15 bits per heavy atom. The Morgan fingerprint density at radius 1 is 0.901 bits per heavy atom. The summed E-state index contributed by atoms with van der Waals surface area (Å²) < 4.78 is 54.1. The van der Waals surface area contributed by atoms with Gasteiger partial charge in [0, 0.05) is 50.2 Å². The average Bonchev–Trinajstić information content (AvgIpc) is 3.31. The molecule has 20 nitrogen and oxygen atoms in total. The van der Waals surface area contributed by atoms with E-state index >= 15 is 0 Å². The molecule has 0 amide bonds. The van der Waals surface area contributed by atoms with E-state index in [1.165, 1.54) is 50.6 Å². The van der Waals surface area contributed by atoms with Crippen molar-refractivity contribution in [3.8, 4) is 0 Å². The number of methoxy groups -OCH3 is 2. The van der Waals surface area contributed by atoms with Crippen molar-refractivity contribution in [3.63, 3.8) is 0 Å². The summed E-state index contributed by atoms with van der Waals surface area (Å²) in [7, 11) is 6.27. The van der Waals surface area contributed by atoms with Crippen LogP contribution in [0.2, 0.25) is 0 Å². The number of likely N-dealkylation sites (N-methyl/N-ethyl adjacent to an activating group) is 1. The second kappa shape index (κ2) is 28.1. The van der Waals surface area contributed by atoms with E-state index in [4.69, 9.17) is 42.6 Å². The third-order valence-corrected chi connectivity index (χ3v) is 13.4. The molecule has 0 saturated carbocycles. The minimum atomic E-state index is -1.42. The molecule has 71 heavy (non-hydrogen) atoms. The molecule has 1 aromatic carbocycles. The van der Waals surface area contributed by atoms with Crippen molar-refractivity contribution in [2.45, 2.75) is 160 Å². The maximum atomic E-state index is 14.5. The highest BCUT2D eigenvalue weighted by Gasteiger charge is 2.48. The van der Waals surface area contributed by atoms with E-state index < -0.39 is 133 Å². The van der Waals surface area contributed by atoms with Crippen molar-refractivity contribution in [1.82, 2.24) is 4.90 Å². The lowest BCUT2D eigenvalue weighted by Crippen LogP contribution is -2.63. The molecular formula is C51H76N2O18. The number of aliphatic hydroxyl groups is 3. The Morgan fingerprint density at radius 2 is 1.55 bits per heavy atom. The predicted molar refractivity (Wildman–Crippen MR) is 256 cm³/mol. The van der Waals surface area contributed by atoms with Gasteiger partial charge in [0.15, 0.2) is 18.4 Å². The summed E-state index contributed by atoms with van der Waals surface area (Å²) in [6, 6.07) is 4.53. The number of rotatable bonds is 17. The highest BCUT2D eigenvalue weighted by atomic mass is 16.7. The number of non-ortho nitro benzene ring substituents is 1. The highest BCUT2D eigenvalue weighted by Crippen LogP contribution is 2.36. The molecular weight excluding hydrogens is 929 g/mol. The smallest absolute Gasteiger partial charge is 0.330 e. The first-order chi connectivity index (χ1) is 33.6. The number of hydrogen-bond acceptors (Lipinski definition) is 19. The van der Waals surface area contributed by atoms with Crippen LogP contribution in [0, 0.1) is 33.8 Å². The van der Waals surface area contributed by atoms with E-state index in [1.807, 2.05) is 13.0 Å². The second-order valence-corrected chi connectivity index (χ2v) is 18.9. The molecule has 4 rings (SSSR count). The van der Waals surface area contributed by atoms with E-state index in [2.05, 4.69) is 0 Å². The molecule has 3 N–H and O–H groups in total. The fourth-order valence-electron chi connectivity index (χ4n) is 9.41. The first-order valence-corrected chi connectivity index (χ1v) is 24.3. The average molecular weight is 1010 g/mol. The molecule has 1 aromatic rings. The summed E-state index contributed by atoms with van der Waals surface area (Å²) >= 11 is 0. The lowest BCUT2D eigenvalue weighted by molar-refractivity contribution is -0.384. The summed E-state index contributed by atoms with van der Waals surface area (Å²) in [5, 5.41) is 45.0. The van der Waals surface area contributed by atoms with Crippen LogP contribution in [-0.4, -0.2) is 170 Å². The second-order valence-electron chi connectivity index (χ2n) is 18.9. The number of nitro benzene ring substituents is 1. The topological polar surface area (TPSA) is 258 Å². The van der Waals surface area contributed by atoms with Crippen LogP contribution in [0.4, 0.5) is 5.69 Å². The van der Waals surface area contributed by atoms with E-state index in [0.717, 1.165) is 0 Å². The van der Waals surface area contributed by atoms with Crippen LogP contribution < -0.4 is 0 Å². The van der Waals surface area contributed by atoms with E-state index in [9.17, 15) is 44.6 Å². The summed E-state index contributed by atoms with van der Waals surface area (Å²) in [6.07, 6.45) is -4.78. The lowest BCUT2D eigenvalue weighted by Gasteiger charge is -2.46. The standard InChI is InChI=1S/C51H76N2O18/c1-12-38-35(27-66-51-49(64-11)48(63-10)45(59)32(7)68-51)23-28(3)17-22-37(54)29(4)24-34(15-14-16-40(55)65-13-2)47(71-50-46(60)43(52(8)9)44(58)31(6)67-50)30(5)39(26-42(57)69-38)70-41(56)25-33-18-20-36(21-19-33)53(61)62/h14,16-23,29-32,34-35,38-39,43-51,58-60H,12-13,15,24-27H2,1-11H3/b16-14+,22-17+,28-23+/t29-,30+,31?,32?,34+,35-,38-,39-,43?,44?,45?,46?,47-,48?,49?,50?,51?/m1/s1. The van der Waals surface area contributed by atoms with Crippen molar-refractivity contribution in [2.75, 3.05) is 41.5 Å². The number of ether oxygens (including phenoxy) is 9. The normalized spacial score (nSPS) is 35.9. The third-order valence-electron chi connectivity index (χ3n) is 13.4. The van der Waals surface area contributed by atoms with Crippen molar-refractivity contribution < 1.29 is 82.1 Å². The molecule has 17 atom stereocenters. The van der Waals surface area contributed by atoms with Crippen molar-refractivity contribution >= 4 is 29.4 Å². The largest absolute Gasteiger partial charge is 0.463 e. The zero-order chi connectivity index (χ0) is 52.7. The van der Waals surface area contributed by atoms with Gasteiger partial charge in [0.25, 0.3) is 5.69 Å². The molecule has 3 heterocycles. The molecule has 2 fully saturated rings. The zero-order valence-corrected chi connectivity index (χ0v) is 42.8. The fourth-order valence-corrected chi connectivity index (χ4v) is 9.41. The first kappa shape index (κ1) is 59.1. The predicted octanol–water partition coefficient (Wildman–Crippen LogP) is 4.18. The van der Waals surface area contributed by atoms with Crippen LogP contribution in [0.3, 0.4) is 0 Å². The Kier molecular flexibility index (Phi) is 23.4. The molecule has 398 valence electrons. The number of cyclic esters (lactones) is 1. The summed E-state index contributed by atoms with van der Waals surface area (Å²) in [5.41, 5.74) is 0.864. The van der Waals surface area contributed by atoms with Gasteiger partial charge in [-0.3, -0.25) is 24.5 Å². The maximum absolute atomic E-state index is 14.5. The maximum Gasteiger partial charge on any atom is 0.330 e. The minimum Gasteiger partial charge on any atom is -0.463 e. The molecule has 10 unspecified atom stereocenters. The van der Waals surface area contributed by atoms with Gasteiger partial charge in [0.05, 0.1) is 61.4 Å².